The number of para-hydroxylation sites is 1. The minimum Gasteiger partial charge on any atom is -0.496 e. The highest BCUT2D eigenvalue weighted by Gasteiger charge is 2.25. The number of methoxy groups -OCH3 is 1. The maximum Gasteiger partial charge on any atom is 0.258 e. The van der Waals surface area contributed by atoms with Crippen molar-refractivity contribution >= 4 is 28.3 Å². The Morgan fingerprint density at radius 1 is 1.36 bits per heavy atom. The second-order valence-electron chi connectivity index (χ2n) is 5.71. The Hall–Kier alpha value is -2.41. The van der Waals surface area contributed by atoms with Gasteiger partial charge in [-0.15, -0.1) is 11.3 Å². The number of hydrogen-bond acceptors (Lipinski definition) is 5. The zero-order valence-electron chi connectivity index (χ0n) is 14.9. The molecular weight excluding hydrogens is 338 g/mol. The highest BCUT2D eigenvalue weighted by molar-refractivity contribution is 7.15. The third-order valence-electron chi connectivity index (χ3n) is 3.90. The van der Waals surface area contributed by atoms with E-state index in [2.05, 4.69) is 10.3 Å². The molecule has 7 heteroatoms. The van der Waals surface area contributed by atoms with E-state index in [1.807, 2.05) is 20.8 Å². The number of carbonyl (C=O) groups excluding carboxylic acids is 2. The van der Waals surface area contributed by atoms with Crippen molar-refractivity contribution in [1.82, 2.24) is 9.88 Å². The number of carbonyl (C=O) groups is 2. The van der Waals surface area contributed by atoms with Crippen LogP contribution in [0.1, 0.15) is 35.5 Å². The summed E-state index contributed by atoms with van der Waals surface area (Å²) < 4.78 is 5.28. The molecule has 0 bridgehead atoms. The molecule has 0 radical (unpaired) electrons. The molecule has 2 amide bonds. The van der Waals surface area contributed by atoms with E-state index < -0.39 is 0 Å². The van der Waals surface area contributed by atoms with Gasteiger partial charge in [-0.2, -0.15) is 0 Å². The average Bonchev–Trinajstić information content (AvgIpc) is 3.03. The summed E-state index contributed by atoms with van der Waals surface area (Å²) >= 11 is 1.40. The predicted octanol–water partition coefficient (Wildman–Crippen LogP) is 3.34. The molecule has 1 N–H and O–H groups in total. The maximum absolute atomic E-state index is 13.0. The van der Waals surface area contributed by atoms with Gasteiger partial charge in [0.05, 0.1) is 12.7 Å². The van der Waals surface area contributed by atoms with Crippen molar-refractivity contribution in [2.45, 2.75) is 33.2 Å². The molecule has 0 saturated heterocycles. The van der Waals surface area contributed by atoms with E-state index in [9.17, 15) is 9.59 Å². The Balaban J connectivity index is 2.18. The molecule has 1 aromatic heterocycles. The van der Waals surface area contributed by atoms with Crippen LogP contribution >= 0.6 is 11.3 Å². The number of anilines is 1. The minimum atomic E-state index is -0.266. The predicted molar refractivity (Wildman–Crippen MR) is 99.3 cm³/mol. The number of ether oxygens (including phenoxy) is 1. The van der Waals surface area contributed by atoms with Gasteiger partial charge in [-0.05, 0) is 32.4 Å². The largest absolute Gasteiger partial charge is 0.496 e. The average molecular weight is 361 g/mol. The van der Waals surface area contributed by atoms with Crippen LogP contribution in [-0.4, -0.2) is 41.4 Å². The Morgan fingerprint density at radius 2 is 2.08 bits per heavy atom. The summed E-state index contributed by atoms with van der Waals surface area (Å²) in [5.74, 6) is 0.00641. The van der Waals surface area contributed by atoms with Crippen LogP contribution in [0.5, 0.6) is 5.75 Å². The quantitative estimate of drug-likeness (QED) is 0.821. The van der Waals surface area contributed by atoms with Crippen molar-refractivity contribution < 1.29 is 14.3 Å². The fourth-order valence-electron chi connectivity index (χ4n) is 2.35. The first-order chi connectivity index (χ1) is 12.0. The molecule has 25 heavy (non-hydrogen) atoms. The first-order valence-corrected chi connectivity index (χ1v) is 8.94. The molecule has 0 spiro atoms. The van der Waals surface area contributed by atoms with Crippen molar-refractivity contribution in [2.75, 3.05) is 19.0 Å². The van der Waals surface area contributed by atoms with Crippen molar-refractivity contribution in [1.29, 1.82) is 0 Å². The molecule has 2 rings (SSSR count). The monoisotopic (exact) mass is 361 g/mol. The van der Waals surface area contributed by atoms with Crippen LogP contribution in [0.25, 0.3) is 0 Å². The van der Waals surface area contributed by atoms with E-state index in [-0.39, 0.29) is 24.4 Å². The van der Waals surface area contributed by atoms with Crippen LogP contribution in [0.15, 0.2) is 30.5 Å². The van der Waals surface area contributed by atoms with Crippen molar-refractivity contribution in [3.63, 3.8) is 0 Å². The minimum absolute atomic E-state index is 0.0372. The van der Waals surface area contributed by atoms with E-state index in [0.717, 1.165) is 11.3 Å². The third-order valence-corrected chi connectivity index (χ3v) is 4.73. The summed E-state index contributed by atoms with van der Waals surface area (Å²) in [6.07, 6.45) is 2.44. The van der Waals surface area contributed by atoms with E-state index in [4.69, 9.17) is 4.74 Å². The van der Waals surface area contributed by atoms with Gasteiger partial charge in [0.2, 0.25) is 5.91 Å². The maximum atomic E-state index is 13.0. The number of thiazole rings is 1. The Bertz CT molecular complexity index is 745. The zero-order chi connectivity index (χ0) is 18.4. The molecule has 6 nitrogen and oxygen atoms in total. The molecule has 2 aromatic rings. The van der Waals surface area contributed by atoms with E-state index in [1.54, 1.807) is 35.4 Å². The smallest absolute Gasteiger partial charge is 0.258 e. The van der Waals surface area contributed by atoms with Crippen molar-refractivity contribution in [2.24, 2.45) is 0 Å². The van der Waals surface area contributed by atoms with Gasteiger partial charge in [0.15, 0.2) is 5.13 Å². The lowest BCUT2D eigenvalue weighted by molar-refractivity contribution is -0.117. The fourth-order valence-corrected chi connectivity index (χ4v) is 3.03. The van der Waals surface area contributed by atoms with Gasteiger partial charge >= 0.3 is 0 Å². The van der Waals surface area contributed by atoms with Crippen LogP contribution in [0.4, 0.5) is 5.13 Å². The molecule has 0 saturated carbocycles. The second-order valence-corrected chi connectivity index (χ2v) is 6.95. The first-order valence-electron chi connectivity index (χ1n) is 8.12. The first kappa shape index (κ1) is 18.9. The summed E-state index contributed by atoms with van der Waals surface area (Å²) in [4.78, 5) is 32.0. The van der Waals surface area contributed by atoms with Gasteiger partial charge in [-0.3, -0.25) is 9.59 Å². The van der Waals surface area contributed by atoms with Crippen molar-refractivity contribution in [3.8, 4) is 5.75 Å². The SMILES string of the molecule is CCC(C)N(CC(=O)Nc1ncc(C)s1)C(=O)c1ccccc1OC. The highest BCUT2D eigenvalue weighted by atomic mass is 32.1. The number of aromatic nitrogens is 1. The van der Waals surface area contributed by atoms with Crippen molar-refractivity contribution in [3.05, 3.63) is 40.9 Å². The van der Waals surface area contributed by atoms with E-state index >= 15 is 0 Å². The number of hydrogen-bond donors (Lipinski definition) is 1. The molecule has 0 fully saturated rings. The Kier molecular flexibility index (Phi) is 6.52. The summed E-state index contributed by atoms with van der Waals surface area (Å²) in [5.41, 5.74) is 0.447. The van der Waals surface area contributed by atoms with Crippen LogP contribution in [-0.2, 0) is 4.79 Å². The van der Waals surface area contributed by atoms with Gasteiger partial charge in [-0.25, -0.2) is 4.98 Å². The Labute approximate surface area is 151 Å². The summed E-state index contributed by atoms with van der Waals surface area (Å²) in [6.45, 7) is 5.79. The number of amides is 2. The lowest BCUT2D eigenvalue weighted by atomic mass is 10.1. The molecule has 1 unspecified atom stereocenters. The number of nitrogens with one attached hydrogen (secondary N) is 1. The van der Waals surface area contributed by atoms with Gasteiger partial charge in [-0.1, -0.05) is 19.1 Å². The van der Waals surface area contributed by atoms with Gasteiger partial charge < -0.3 is 15.0 Å². The lowest BCUT2D eigenvalue weighted by Gasteiger charge is -2.28. The fraction of sp³-hybridized carbons (Fsp3) is 0.389. The molecule has 1 atom stereocenters. The summed E-state index contributed by atoms with van der Waals surface area (Å²) in [6, 6.07) is 6.95. The standard InChI is InChI=1S/C18H23N3O3S/c1-5-12(2)21(11-16(22)20-18-19-10-13(3)25-18)17(23)14-8-6-7-9-15(14)24-4/h6-10,12H,5,11H2,1-4H3,(H,19,20,22). The number of rotatable bonds is 7. The van der Waals surface area contributed by atoms with Gasteiger partial charge in [0.1, 0.15) is 12.3 Å². The number of benzene rings is 1. The summed E-state index contributed by atoms with van der Waals surface area (Å²) in [7, 11) is 1.53. The van der Waals surface area contributed by atoms with Crippen LogP contribution in [0.2, 0.25) is 0 Å². The topological polar surface area (TPSA) is 71.5 Å². The lowest BCUT2D eigenvalue weighted by Crippen LogP contribution is -2.43. The molecule has 134 valence electrons. The van der Waals surface area contributed by atoms with Crippen LogP contribution < -0.4 is 10.1 Å². The molecule has 0 aliphatic heterocycles. The molecule has 0 aliphatic carbocycles. The molecule has 1 heterocycles. The number of nitrogens with zero attached hydrogens (tertiary/aromatic N) is 2. The Morgan fingerprint density at radius 3 is 2.68 bits per heavy atom. The van der Waals surface area contributed by atoms with Crippen LogP contribution in [0.3, 0.4) is 0 Å². The molecule has 1 aromatic carbocycles. The van der Waals surface area contributed by atoms with Gasteiger partial charge in [0.25, 0.3) is 5.91 Å². The molecule has 0 aliphatic rings. The second kappa shape index (κ2) is 8.62. The van der Waals surface area contributed by atoms with E-state index in [1.165, 1.54) is 18.4 Å². The van der Waals surface area contributed by atoms with Crippen LogP contribution in [0, 0.1) is 6.92 Å². The highest BCUT2D eigenvalue weighted by Crippen LogP contribution is 2.21. The third kappa shape index (κ3) is 4.79. The van der Waals surface area contributed by atoms with Gasteiger partial charge in [0, 0.05) is 17.1 Å². The van der Waals surface area contributed by atoms with E-state index in [0.29, 0.717) is 16.4 Å². The molecular formula is C18H23N3O3S. The summed E-state index contributed by atoms with van der Waals surface area (Å²) in [5, 5.41) is 3.29. The number of aryl methyl sites for hydroxylation is 1. The normalized spacial score (nSPS) is 11.7. The zero-order valence-corrected chi connectivity index (χ0v) is 15.7.